The van der Waals surface area contributed by atoms with Crippen LogP contribution in [0.2, 0.25) is 0 Å². The first kappa shape index (κ1) is 14.1. The van der Waals surface area contributed by atoms with Gasteiger partial charge in [0, 0.05) is 25.1 Å². The molecule has 1 aliphatic rings. The van der Waals surface area contributed by atoms with Crippen LogP contribution in [-0.4, -0.2) is 23.1 Å². The van der Waals surface area contributed by atoms with Gasteiger partial charge in [0.2, 0.25) is 0 Å². The molecule has 106 valence electrons. The first-order chi connectivity index (χ1) is 9.15. The van der Waals surface area contributed by atoms with Crippen molar-refractivity contribution in [2.24, 2.45) is 11.8 Å². The zero-order valence-corrected chi connectivity index (χ0v) is 12.6. The average Bonchev–Trinajstić information content (AvgIpc) is 3.12. The number of hydrogen-bond donors (Lipinski definition) is 2. The van der Waals surface area contributed by atoms with Crippen molar-refractivity contribution in [1.29, 1.82) is 0 Å². The first-order valence-corrected chi connectivity index (χ1v) is 7.50. The predicted molar refractivity (Wildman–Crippen MR) is 80.7 cm³/mol. The summed E-state index contributed by atoms with van der Waals surface area (Å²) in [7, 11) is 0. The van der Waals surface area contributed by atoms with E-state index < -0.39 is 0 Å². The van der Waals surface area contributed by atoms with Crippen LogP contribution in [0.3, 0.4) is 0 Å². The van der Waals surface area contributed by atoms with Gasteiger partial charge in [0.1, 0.15) is 17.5 Å². The average molecular weight is 262 g/mol. The normalized spacial score (nSPS) is 21.3. The molecule has 1 aliphatic carbocycles. The predicted octanol–water partition coefficient (Wildman–Crippen LogP) is 3.24. The Morgan fingerprint density at radius 1 is 1.16 bits per heavy atom. The standard InChI is InChI=1S/C15H26N4/c1-5-7-16-14-11(4)15(19-13(6-2)18-14)17-9-12-8-10(12)3/h10,12H,5-9H2,1-4H3,(H2,16,17,18,19). The van der Waals surface area contributed by atoms with Gasteiger partial charge in [-0.3, -0.25) is 0 Å². The fraction of sp³-hybridized carbons (Fsp3) is 0.733. The highest BCUT2D eigenvalue weighted by Crippen LogP contribution is 2.37. The highest BCUT2D eigenvalue weighted by molar-refractivity contribution is 5.57. The largest absolute Gasteiger partial charge is 0.370 e. The first-order valence-electron chi connectivity index (χ1n) is 7.50. The second kappa shape index (κ2) is 6.22. The minimum absolute atomic E-state index is 0.825. The quantitative estimate of drug-likeness (QED) is 0.792. The summed E-state index contributed by atoms with van der Waals surface area (Å²) < 4.78 is 0. The summed E-state index contributed by atoms with van der Waals surface area (Å²) >= 11 is 0. The van der Waals surface area contributed by atoms with Gasteiger partial charge in [0.25, 0.3) is 0 Å². The SMILES string of the molecule is CCCNc1nc(CC)nc(NCC2CC2C)c1C. The zero-order chi connectivity index (χ0) is 13.8. The van der Waals surface area contributed by atoms with E-state index in [4.69, 9.17) is 0 Å². The van der Waals surface area contributed by atoms with Crippen LogP contribution in [0.4, 0.5) is 11.6 Å². The molecule has 0 saturated heterocycles. The molecule has 0 bridgehead atoms. The maximum Gasteiger partial charge on any atom is 0.134 e. The lowest BCUT2D eigenvalue weighted by Gasteiger charge is -2.14. The van der Waals surface area contributed by atoms with Gasteiger partial charge < -0.3 is 10.6 Å². The van der Waals surface area contributed by atoms with E-state index in [1.165, 1.54) is 6.42 Å². The Balaban J connectivity index is 2.10. The van der Waals surface area contributed by atoms with Gasteiger partial charge >= 0.3 is 0 Å². The third-order valence-electron chi connectivity index (χ3n) is 3.86. The Hall–Kier alpha value is -1.32. The molecule has 0 radical (unpaired) electrons. The third-order valence-corrected chi connectivity index (χ3v) is 3.86. The number of aromatic nitrogens is 2. The summed E-state index contributed by atoms with van der Waals surface area (Å²) in [4.78, 5) is 9.21. The van der Waals surface area contributed by atoms with E-state index in [0.29, 0.717) is 0 Å². The maximum absolute atomic E-state index is 4.62. The van der Waals surface area contributed by atoms with Crippen molar-refractivity contribution in [1.82, 2.24) is 9.97 Å². The van der Waals surface area contributed by atoms with Crippen LogP contribution in [0.1, 0.15) is 45.0 Å². The molecule has 4 nitrogen and oxygen atoms in total. The molecular formula is C15H26N4. The van der Waals surface area contributed by atoms with Crippen LogP contribution in [0, 0.1) is 18.8 Å². The molecule has 2 unspecified atom stereocenters. The molecule has 1 heterocycles. The summed E-state index contributed by atoms with van der Waals surface area (Å²) in [6.07, 6.45) is 3.32. The monoisotopic (exact) mass is 262 g/mol. The van der Waals surface area contributed by atoms with Crippen LogP contribution in [-0.2, 0) is 6.42 Å². The second-order valence-corrected chi connectivity index (χ2v) is 5.60. The molecule has 1 aromatic rings. The van der Waals surface area contributed by atoms with Crippen LogP contribution in [0.5, 0.6) is 0 Å². The minimum atomic E-state index is 0.825. The summed E-state index contributed by atoms with van der Waals surface area (Å²) in [5.41, 5.74) is 1.14. The zero-order valence-electron chi connectivity index (χ0n) is 12.6. The Morgan fingerprint density at radius 3 is 2.32 bits per heavy atom. The second-order valence-electron chi connectivity index (χ2n) is 5.60. The molecule has 19 heavy (non-hydrogen) atoms. The van der Waals surface area contributed by atoms with Crippen LogP contribution in [0.25, 0.3) is 0 Å². The minimum Gasteiger partial charge on any atom is -0.370 e. The fourth-order valence-electron chi connectivity index (χ4n) is 2.22. The summed E-state index contributed by atoms with van der Waals surface area (Å²) in [6, 6.07) is 0. The Bertz CT molecular complexity index is 430. The van der Waals surface area contributed by atoms with E-state index in [1.807, 2.05) is 0 Å². The molecular weight excluding hydrogens is 236 g/mol. The summed E-state index contributed by atoms with van der Waals surface area (Å²) in [5.74, 6) is 4.60. The van der Waals surface area contributed by atoms with E-state index in [1.54, 1.807) is 0 Å². The third kappa shape index (κ3) is 3.58. The van der Waals surface area contributed by atoms with E-state index >= 15 is 0 Å². The lowest BCUT2D eigenvalue weighted by atomic mass is 10.2. The van der Waals surface area contributed by atoms with Gasteiger partial charge in [-0.15, -0.1) is 0 Å². The van der Waals surface area contributed by atoms with Crippen molar-refractivity contribution in [2.75, 3.05) is 23.7 Å². The molecule has 2 N–H and O–H groups in total. The summed E-state index contributed by atoms with van der Waals surface area (Å²) in [5, 5.41) is 6.90. The molecule has 2 rings (SSSR count). The molecule has 1 fully saturated rings. The van der Waals surface area contributed by atoms with Crippen molar-refractivity contribution < 1.29 is 0 Å². The van der Waals surface area contributed by atoms with Crippen molar-refractivity contribution in [2.45, 2.75) is 47.0 Å². The van der Waals surface area contributed by atoms with Gasteiger partial charge in [-0.1, -0.05) is 20.8 Å². The molecule has 2 atom stereocenters. The Labute approximate surface area is 116 Å². The topological polar surface area (TPSA) is 49.8 Å². The van der Waals surface area contributed by atoms with E-state index in [9.17, 15) is 0 Å². The van der Waals surface area contributed by atoms with Crippen molar-refractivity contribution in [3.63, 3.8) is 0 Å². The summed E-state index contributed by atoms with van der Waals surface area (Å²) in [6.45, 7) is 10.7. The molecule has 1 aromatic heterocycles. The van der Waals surface area contributed by atoms with Crippen molar-refractivity contribution in [3.05, 3.63) is 11.4 Å². The maximum atomic E-state index is 4.62. The lowest BCUT2D eigenvalue weighted by molar-refractivity contribution is 0.780. The van der Waals surface area contributed by atoms with Gasteiger partial charge in [-0.25, -0.2) is 9.97 Å². The van der Waals surface area contributed by atoms with E-state index in [-0.39, 0.29) is 0 Å². The van der Waals surface area contributed by atoms with Crippen LogP contribution < -0.4 is 10.6 Å². The highest BCUT2D eigenvalue weighted by Gasteiger charge is 2.32. The van der Waals surface area contributed by atoms with Crippen LogP contribution >= 0.6 is 0 Å². The molecule has 0 aliphatic heterocycles. The molecule has 0 spiro atoms. The van der Waals surface area contributed by atoms with Crippen molar-refractivity contribution >= 4 is 11.6 Å². The van der Waals surface area contributed by atoms with Crippen molar-refractivity contribution in [3.8, 4) is 0 Å². The number of anilines is 2. The number of nitrogens with one attached hydrogen (secondary N) is 2. The Kier molecular flexibility index (Phi) is 4.61. The van der Waals surface area contributed by atoms with Crippen LogP contribution in [0.15, 0.2) is 0 Å². The van der Waals surface area contributed by atoms with E-state index in [2.05, 4.69) is 48.3 Å². The molecule has 0 amide bonds. The van der Waals surface area contributed by atoms with Gasteiger partial charge in [0.15, 0.2) is 0 Å². The lowest BCUT2D eigenvalue weighted by Crippen LogP contribution is -2.13. The van der Waals surface area contributed by atoms with Gasteiger partial charge in [0.05, 0.1) is 0 Å². The number of hydrogen-bond acceptors (Lipinski definition) is 4. The molecule has 4 heteroatoms. The number of rotatable bonds is 7. The Morgan fingerprint density at radius 2 is 1.79 bits per heavy atom. The molecule has 0 aromatic carbocycles. The van der Waals surface area contributed by atoms with Gasteiger partial charge in [-0.05, 0) is 31.6 Å². The number of nitrogens with zero attached hydrogens (tertiary/aromatic N) is 2. The highest BCUT2D eigenvalue weighted by atomic mass is 15.1. The van der Waals surface area contributed by atoms with Gasteiger partial charge in [-0.2, -0.15) is 0 Å². The number of aryl methyl sites for hydroxylation is 1. The fourth-order valence-corrected chi connectivity index (χ4v) is 2.22. The smallest absolute Gasteiger partial charge is 0.134 e. The molecule has 1 saturated carbocycles. The van der Waals surface area contributed by atoms with E-state index in [0.717, 1.165) is 60.8 Å².